The van der Waals surface area contributed by atoms with E-state index in [0.717, 1.165) is 48.9 Å². The Morgan fingerprint density at radius 1 is 1.26 bits per heavy atom. The molecule has 0 bridgehead atoms. The largest absolute Gasteiger partial charge is 0.497 e. The number of carbonyl (C=O) groups is 1. The minimum Gasteiger partial charge on any atom is -0.497 e. The van der Waals surface area contributed by atoms with Crippen LogP contribution in [0.3, 0.4) is 0 Å². The van der Waals surface area contributed by atoms with Crippen molar-refractivity contribution in [2.75, 3.05) is 26.7 Å². The Balaban J connectivity index is 1.34. The molecule has 0 amide bonds. The Kier molecular flexibility index (Phi) is 7.76. The molecule has 0 saturated carbocycles. The monoisotopic (exact) mass is 460 g/mol. The number of aromatic nitrogens is 1. The first-order valence-corrected chi connectivity index (χ1v) is 11.6. The average molecular weight is 461 g/mol. The third-order valence-corrected chi connectivity index (χ3v) is 6.58. The molecule has 1 fully saturated rings. The molecule has 2 atom stereocenters. The molecule has 1 aliphatic rings. The van der Waals surface area contributed by atoms with E-state index in [2.05, 4.69) is 21.7 Å². The lowest BCUT2D eigenvalue weighted by Gasteiger charge is -2.35. The quantitative estimate of drug-likeness (QED) is 0.514. The van der Waals surface area contributed by atoms with E-state index < -0.39 is 11.9 Å². The normalized spacial score (nSPS) is 18.3. The van der Waals surface area contributed by atoms with Gasteiger partial charge in [-0.1, -0.05) is 17.9 Å². The molecule has 1 N–H and O–H groups in total. The van der Waals surface area contributed by atoms with Gasteiger partial charge in [0.15, 0.2) is 0 Å². The van der Waals surface area contributed by atoms with Gasteiger partial charge in [-0.25, -0.2) is 4.39 Å². The number of piperidine rings is 1. The highest BCUT2D eigenvalue weighted by Crippen LogP contribution is 2.30. The molecule has 3 aromatic rings. The van der Waals surface area contributed by atoms with Gasteiger partial charge in [0.05, 0.1) is 25.1 Å². The van der Waals surface area contributed by atoms with E-state index >= 15 is 0 Å². The summed E-state index contributed by atoms with van der Waals surface area (Å²) >= 11 is 0. The van der Waals surface area contributed by atoms with Gasteiger partial charge in [0.25, 0.3) is 0 Å². The van der Waals surface area contributed by atoms with Gasteiger partial charge in [0.1, 0.15) is 11.6 Å². The first-order chi connectivity index (χ1) is 16.5. The highest BCUT2D eigenvalue weighted by molar-refractivity contribution is 5.83. The highest BCUT2D eigenvalue weighted by atomic mass is 19.1. The summed E-state index contributed by atoms with van der Waals surface area (Å²) in [6.45, 7) is 1.80. The Morgan fingerprint density at radius 3 is 2.94 bits per heavy atom. The zero-order chi connectivity index (χ0) is 23.9. The average Bonchev–Trinajstić information content (AvgIpc) is 2.84. The lowest BCUT2D eigenvalue weighted by Crippen LogP contribution is -2.44. The van der Waals surface area contributed by atoms with Crippen molar-refractivity contribution in [3.8, 4) is 17.6 Å². The molecule has 34 heavy (non-hydrogen) atoms. The molecule has 0 radical (unpaired) electrons. The number of aliphatic carboxylic acids is 1. The molecule has 2 heterocycles. The fourth-order valence-corrected chi connectivity index (χ4v) is 4.74. The smallest absolute Gasteiger partial charge is 0.308 e. The topological polar surface area (TPSA) is 62.7 Å². The fraction of sp³-hybridized carbons (Fsp3) is 0.357. The lowest BCUT2D eigenvalue weighted by atomic mass is 9.81. The number of benzene rings is 2. The molecule has 2 aromatic carbocycles. The van der Waals surface area contributed by atoms with Gasteiger partial charge in [-0.05, 0) is 86.2 Å². The summed E-state index contributed by atoms with van der Waals surface area (Å²) in [6, 6.07) is 14.1. The Bertz CT molecular complexity index is 1220. The summed E-state index contributed by atoms with van der Waals surface area (Å²) in [4.78, 5) is 18.5. The second-order valence-corrected chi connectivity index (χ2v) is 8.79. The number of fused-ring (bicyclic) bond motifs is 1. The second-order valence-electron chi connectivity index (χ2n) is 8.79. The molecule has 0 aliphatic carbocycles. The van der Waals surface area contributed by atoms with Gasteiger partial charge in [0.2, 0.25) is 0 Å². The van der Waals surface area contributed by atoms with Crippen LogP contribution in [0.1, 0.15) is 30.4 Å². The zero-order valence-electron chi connectivity index (χ0n) is 19.3. The fourth-order valence-electron chi connectivity index (χ4n) is 4.74. The molecule has 1 aliphatic heterocycles. The molecule has 1 aromatic heterocycles. The zero-order valence-corrected chi connectivity index (χ0v) is 19.3. The summed E-state index contributed by atoms with van der Waals surface area (Å²) in [5.41, 5.74) is 2.78. The van der Waals surface area contributed by atoms with Crippen molar-refractivity contribution in [3.63, 3.8) is 0 Å². The van der Waals surface area contributed by atoms with Crippen LogP contribution in [0.4, 0.5) is 4.39 Å². The van der Waals surface area contributed by atoms with Crippen LogP contribution in [-0.2, 0) is 11.2 Å². The van der Waals surface area contributed by atoms with Crippen molar-refractivity contribution in [3.05, 3.63) is 71.7 Å². The number of rotatable bonds is 7. The van der Waals surface area contributed by atoms with Gasteiger partial charge in [-0.15, -0.1) is 0 Å². The standard InChI is InChI=1S/C28H29FN2O3/c1-34-24-10-11-27-25(18-24)21(12-14-30-27)7-3-8-22-13-16-31(19-26(22)28(32)33)15-4-6-20-5-2-9-23(29)17-20/h2,5,9-12,14,17-18,22,26H,3,7-8,13,15-16,19H2,1H3,(H,32,33)/t22-,26+/m1/s1. The minimum atomic E-state index is -0.744. The lowest BCUT2D eigenvalue weighted by molar-refractivity contribution is -0.146. The van der Waals surface area contributed by atoms with E-state index in [1.54, 1.807) is 19.2 Å². The molecule has 6 heteroatoms. The summed E-state index contributed by atoms with van der Waals surface area (Å²) in [5, 5.41) is 10.9. The summed E-state index contributed by atoms with van der Waals surface area (Å²) in [5.74, 6) is 5.53. The third kappa shape index (κ3) is 5.92. The van der Waals surface area contributed by atoms with E-state index in [4.69, 9.17) is 4.74 Å². The van der Waals surface area contributed by atoms with Gasteiger partial charge < -0.3 is 9.84 Å². The van der Waals surface area contributed by atoms with Gasteiger partial charge >= 0.3 is 5.97 Å². The van der Waals surface area contributed by atoms with E-state index in [9.17, 15) is 14.3 Å². The number of carboxylic acids is 1. The van der Waals surface area contributed by atoms with Crippen LogP contribution in [-0.4, -0.2) is 47.7 Å². The maximum absolute atomic E-state index is 13.3. The molecule has 0 spiro atoms. The minimum absolute atomic E-state index is 0.146. The summed E-state index contributed by atoms with van der Waals surface area (Å²) in [7, 11) is 1.66. The van der Waals surface area contributed by atoms with Crippen LogP contribution < -0.4 is 4.74 Å². The number of aryl methyl sites for hydroxylation is 1. The Labute approximate surface area is 199 Å². The van der Waals surface area contributed by atoms with Gasteiger partial charge in [-0.3, -0.25) is 14.7 Å². The number of methoxy groups -OCH3 is 1. The van der Waals surface area contributed by atoms with Crippen LogP contribution in [0.2, 0.25) is 0 Å². The number of hydrogen-bond acceptors (Lipinski definition) is 4. The molecule has 4 rings (SSSR count). The van der Waals surface area contributed by atoms with Crippen LogP contribution in [0.15, 0.2) is 54.7 Å². The van der Waals surface area contributed by atoms with Crippen molar-refractivity contribution < 1.29 is 19.0 Å². The van der Waals surface area contributed by atoms with Crippen LogP contribution in [0, 0.1) is 29.5 Å². The third-order valence-electron chi connectivity index (χ3n) is 6.58. The van der Waals surface area contributed by atoms with E-state index in [1.807, 2.05) is 30.5 Å². The van der Waals surface area contributed by atoms with Crippen LogP contribution in [0.5, 0.6) is 5.75 Å². The predicted octanol–water partition coefficient (Wildman–Crippen LogP) is 4.78. The van der Waals surface area contributed by atoms with Gasteiger partial charge in [-0.2, -0.15) is 0 Å². The number of likely N-dealkylation sites (tertiary alicyclic amines) is 1. The number of pyridine rings is 1. The second kappa shape index (κ2) is 11.1. The number of ether oxygens (including phenoxy) is 1. The molecule has 0 unspecified atom stereocenters. The van der Waals surface area contributed by atoms with Crippen LogP contribution in [0.25, 0.3) is 10.9 Å². The van der Waals surface area contributed by atoms with Crippen molar-refractivity contribution in [2.45, 2.75) is 25.7 Å². The molecular weight excluding hydrogens is 431 g/mol. The van der Waals surface area contributed by atoms with Crippen molar-refractivity contribution in [1.82, 2.24) is 9.88 Å². The maximum atomic E-state index is 13.3. The van der Waals surface area contributed by atoms with Crippen molar-refractivity contribution >= 4 is 16.9 Å². The first-order valence-electron chi connectivity index (χ1n) is 11.6. The first kappa shape index (κ1) is 23.7. The van der Waals surface area contributed by atoms with Gasteiger partial charge in [0, 0.05) is 23.7 Å². The number of hydrogen-bond donors (Lipinski definition) is 1. The number of carboxylic acid groups (broad SMARTS) is 1. The molecular formula is C28H29FN2O3. The SMILES string of the molecule is COc1ccc2nccc(CCC[C@@H]3CCN(CC#Cc4cccc(F)c4)C[C@@H]3C(=O)O)c2c1. The molecule has 1 saturated heterocycles. The Morgan fingerprint density at radius 2 is 2.15 bits per heavy atom. The maximum Gasteiger partial charge on any atom is 0.308 e. The number of halogens is 1. The summed E-state index contributed by atoms with van der Waals surface area (Å²) in [6.07, 6.45) is 5.33. The van der Waals surface area contributed by atoms with Crippen molar-refractivity contribution in [2.24, 2.45) is 11.8 Å². The highest BCUT2D eigenvalue weighted by Gasteiger charge is 2.33. The number of nitrogens with zero attached hydrogens (tertiary/aromatic N) is 2. The van der Waals surface area contributed by atoms with Crippen LogP contribution >= 0.6 is 0 Å². The predicted molar refractivity (Wildman–Crippen MR) is 130 cm³/mol. The Hall–Kier alpha value is -3.43. The van der Waals surface area contributed by atoms with Crippen molar-refractivity contribution in [1.29, 1.82) is 0 Å². The van der Waals surface area contributed by atoms with E-state index in [0.29, 0.717) is 18.7 Å². The van der Waals surface area contributed by atoms with E-state index in [-0.39, 0.29) is 11.7 Å². The molecule has 5 nitrogen and oxygen atoms in total. The van der Waals surface area contributed by atoms with E-state index in [1.165, 1.54) is 17.7 Å². The summed E-state index contributed by atoms with van der Waals surface area (Å²) < 4.78 is 18.7. The molecule has 176 valence electrons.